The highest BCUT2D eigenvalue weighted by Gasteiger charge is 2.47. The summed E-state index contributed by atoms with van der Waals surface area (Å²) in [5.74, 6) is 0. The molecule has 0 aromatic heterocycles. The van der Waals surface area contributed by atoms with E-state index in [2.05, 4.69) is 111 Å². The van der Waals surface area contributed by atoms with E-state index in [-0.39, 0.29) is 0 Å². The zero-order chi connectivity index (χ0) is 16.1. The monoisotopic (exact) mass is 317 g/mol. The molecule has 0 atom stereocenters. The lowest BCUT2D eigenvalue weighted by molar-refractivity contribution is 1.56. The predicted molar refractivity (Wildman–Crippen MR) is 105 cm³/mol. The van der Waals surface area contributed by atoms with Crippen LogP contribution < -0.4 is 15.9 Å². The molecular formula is C22H22P+. The van der Waals surface area contributed by atoms with Crippen LogP contribution in [0.25, 0.3) is 0 Å². The van der Waals surface area contributed by atoms with Crippen LogP contribution in [-0.2, 0) is 0 Å². The smallest absolute Gasteiger partial charge is 0.0620 e. The van der Waals surface area contributed by atoms with Gasteiger partial charge in [-0.15, -0.1) is 0 Å². The van der Waals surface area contributed by atoms with Gasteiger partial charge in [0.05, 0.1) is 5.31 Å². The van der Waals surface area contributed by atoms with Gasteiger partial charge in [0.2, 0.25) is 0 Å². The summed E-state index contributed by atoms with van der Waals surface area (Å²) in [5, 5.41) is 5.68. The van der Waals surface area contributed by atoms with Crippen LogP contribution >= 0.6 is 7.26 Å². The van der Waals surface area contributed by atoms with Crippen molar-refractivity contribution in [2.45, 2.75) is 13.8 Å². The first kappa shape index (κ1) is 15.7. The van der Waals surface area contributed by atoms with Crippen molar-refractivity contribution in [1.82, 2.24) is 0 Å². The Hall–Kier alpha value is -2.17. The zero-order valence-electron chi connectivity index (χ0n) is 13.7. The van der Waals surface area contributed by atoms with E-state index in [0.29, 0.717) is 0 Å². The molecule has 0 amide bonds. The van der Waals surface area contributed by atoms with Gasteiger partial charge in [-0.25, -0.2) is 0 Å². The maximum Gasteiger partial charge on any atom is 0.139 e. The highest BCUT2D eigenvalue weighted by molar-refractivity contribution is 7.99. The number of benzene rings is 3. The molecule has 0 heterocycles. The number of rotatable bonds is 4. The van der Waals surface area contributed by atoms with E-state index in [1.807, 2.05) is 0 Å². The zero-order valence-corrected chi connectivity index (χ0v) is 14.6. The lowest BCUT2D eigenvalue weighted by Crippen LogP contribution is -2.31. The van der Waals surface area contributed by atoms with Gasteiger partial charge in [-0.2, -0.15) is 0 Å². The first-order valence-corrected chi connectivity index (χ1v) is 9.78. The number of hydrogen-bond donors (Lipinski definition) is 0. The lowest BCUT2D eigenvalue weighted by atomic mass is 10.3. The van der Waals surface area contributed by atoms with Gasteiger partial charge in [-0.3, -0.25) is 0 Å². The predicted octanol–water partition coefficient (Wildman–Crippen LogP) is 4.90. The van der Waals surface area contributed by atoms with Gasteiger partial charge in [0.25, 0.3) is 0 Å². The summed E-state index contributed by atoms with van der Waals surface area (Å²) in [4.78, 5) is 0. The summed E-state index contributed by atoms with van der Waals surface area (Å²) in [6, 6.07) is 32.9. The molecule has 0 aliphatic carbocycles. The van der Waals surface area contributed by atoms with Crippen molar-refractivity contribution in [3.63, 3.8) is 0 Å². The Kier molecular flexibility index (Phi) is 4.74. The van der Waals surface area contributed by atoms with Crippen LogP contribution in [0.4, 0.5) is 0 Å². The molecule has 0 saturated heterocycles. The van der Waals surface area contributed by atoms with Crippen molar-refractivity contribution in [3.05, 3.63) is 102 Å². The third-order valence-corrected chi connectivity index (χ3v) is 8.91. The summed E-state index contributed by atoms with van der Waals surface area (Å²) < 4.78 is 0. The summed E-state index contributed by atoms with van der Waals surface area (Å²) in [5.41, 5.74) is 0. The van der Waals surface area contributed by atoms with Gasteiger partial charge in [0.15, 0.2) is 0 Å². The van der Waals surface area contributed by atoms with Crippen LogP contribution in [0.1, 0.15) is 13.8 Å². The minimum Gasteiger partial charge on any atom is -0.0620 e. The molecule has 114 valence electrons. The van der Waals surface area contributed by atoms with Crippen LogP contribution in [0.2, 0.25) is 0 Å². The van der Waals surface area contributed by atoms with Crippen molar-refractivity contribution in [2.24, 2.45) is 0 Å². The maximum absolute atomic E-state index is 2.28. The van der Waals surface area contributed by atoms with E-state index >= 15 is 0 Å². The molecule has 3 aromatic rings. The molecule has 0 fully saturated rings. The minimum absolute atomic E-state index is 1.41. The van der Waals surface area contributed by atoms with E-state index < -0.39 is 7.26 Å². The Labute approximate surface area is 139 Å². The van der Waals surface area contributed by atoms with E-state index in [4.69, 9.17) is 0 Å². The fraction of sp³-hybridized carbons (Fsp3) is 0.0909. The lowest BCUT2D eigenvalue weighted by Gasteiger charge is -2.27. The SMILES string of the molecule is C/C=C(\C)[P+](c1ccccc1)(c1ccccc1)c1ccccc1. The Bertz CT molecular complexity index is 677. The first-order valence-electron chi connectivity index (χ1n) is 7.99. The fourth-order valence-electron chi connectivity index (χ4n) is 3.21. The average Bonchev–Trinajstić information content (AvgIpc) is 2.65. The molecule has 0 nitrogen and oxygen atoms in total. The third-order valence-electron chi connectivity index (χ3n) is 4.38. The largest absolute Gasteiger partial charge is 0.139 e. The van der Waals surface area contributed by atoms with E-state index in [1.54, 1.807) is 0 Å². The minimum atomic E-state index is -1.78. The molecule has 0 aliphatic rings. The van der Waals surface area contributed by atoms with Crippen molar-refractivity contribution >= 4 is 23.2 Å². The van der Waals surface area contributed by atoms with E-state index in [1.165, 1.54) is 21.2 Å². The number of hydrogen-bond acceptors (Lipinski definition) is 0. The van der Waals surface area contributed by atoms with Crippen LogP contribution in [0.15, 0.2) is 102 Å². The Morgan fingerprint density at radius 2 is 0.913 bits per heavy atom. The van der Waals surface area contributed by atoms with Gasteiger partial charge in [-0.05, 0) is 56.3 Å². The van der Waals surface area contributed by atoms with Gasteiger partial charge in [0, 0.05) is 0 Å². The molecule has 0 radical (unpaired) electrons. The molecule has 3 aromatic carbocycles. The molecule has 0 spiro atoms. The second kappa shape index (κ2) is 6.94. The molecule has 0 saturated carbocycles. The fourth-order valence-corrected chi connectivity index (χ4v) is 7.57. The van der Waals surface area contributed by atoms with Crippen molar-refractivity contribution in [1.29, 1.82) is 0 Å². The van der Waals surface area contributed by atoms with Crippen molar-refractivity contribution < 1.29 is 0 Å². The second-order valence-electron chi connectivity index (χ2n) is 5.61. The highest BCUT2D eigenvalue weighted by Crippen LogP contribution is 2.62. The molecule has 1 heteroatoms. The topological polar surface area (TPSA) is 0 Å². The highest BCUT2D eigenvalue weighted by atomic mass is 31.2. The van der Waals surface area contributed by atoms with Crippen LogP contribution in [0, 0.1) is 0 Å². The Balaban J connectivity index is 2.41. The van der Waals surface area contributed by atoms with E-state index in [9.17, 15) is 0 Å². The summed E-state index contributed by atoms with van der Waals surface area (Å²) >= 11 is 0. The normalized spacial score (nSPS) is 12.2. The van der Waals surface area contributed by atoms with Gasteiger partial charge >= 0.3 is 0 Å². The first-order chi connectivity index (χ1) is 11.3. The molecule has 3 rings (SSSR count). The molecule has 0 N–H and O–H groups in total. The van der Waals surface area contributed by atoms with Crippen LogP contribution in [-0.4, -0.2) is 0 Å². The van der Waals surface area contributed by atoms with Crippen molar-refractivity contribution in [3.8, 4) is 0 Å². The Morgan fingerprint density at radius 1 is 0.609 bits per heavy atom. The summed E-state index contributed by atoms with van der Waals surface area (Å²) in [6.07, 6.45) is 2.28. The van der Waals surface area contributed by atoms with Gasteiger partial charge < -0.3 is 0 Å². The molecule has 23 heavy (non-hydrogen) atoms. The standard InChI is InChI=1S/C22H22P/c1-3-19(2)23(20-13-7-4-8-14-20,21-15-9-5-10-16-21)22-17-11-6-12-18-22/h3-18H,1-2H3/q+1/b19-3+. The molecular weight excluding hydrogens is 295 g/mol. The van der Waals surface area contributed by atoms with Gasteiger partial charge in [-0.1, -0.05) is 54.6 Å². The van der Waals surface area contributed by atoms with Crippen LogP contribution in [0.3, 0.4) is 0 Å². The molecule has 0 aliphatic heterocycles. The summed E-state index contributed by atoms with van der Waals surface area (Å²) in [7, 11) is -1.78. The molecule has 0 bridgehead atoms. The van der Waals surface area contributed by atoms with Crippen molar-refractivity contribution in [2.75, 3.05) is 0 Å². The van der Waals surface area contributed by atoms with E-state index in [0.717, 1.165) is 0 Å². The quantitative estimate of drug-likeness (QED) is 0.600. The Morgan fingerprint density at radius 3 is 1.17 bits per heavy atom. The summed E-state index contributed by atoms with van der Waals surface area (Å²) in [6.45, 7) is 4.43. The number of allylic oxidation sites excluding steroid dienone is 2. The van der Waals surface area contributed by atoms with Crippen LogP contribution in [0.5, 0.6) is 0 Å². The third kappa shape index (κ3) is 2.76. The average molecular weight is 317 g/mol. The van der Waals surface area contributed by atoms with Gasteiger partial charge in [0.1, 0.15) is 23.2 Å². The molecule has 0 unspecified atom stereocenters. The maximum atomic E-state index is 2.28. The second-order valence-corrected chi connectivity index (χ2v) is 9.20.